The fourth-order valence-electron chi connectivity index (χ4n) is 9.29. The van der Waals surface area contributed by atoms with Crippen LogP contribution in [0.2, 0.25) is 0 Å². The van der Waals surface area contributed by atoms with Crippen molar-refractivity contribution in [1.29, 1.82) is 0 Å². The molecule has 18 heteroatoms. The zero-order chi connectivity index (χ0) is 44.6. The molecule has 4 aliphatic rings. The Morgan fingerprint density at radius 1 is 0.723 bits per heavy atom. The van der Waals surface area contributed by atoms with E-state index < -0.39 is 41.5 Å². The van der Waals surface area contributed by atoms with Gasteiger partial charge in [0.25, 0.3) is 23.6 Å². The number of rotatable bonds is 15. The third kappa shape index (κ3) is 8.00. The molecule has 1 unspecified atom stereocenters. The molecule has 6 amide bonds. The van der Waals surface area contributed by atoms with Gasteiger partial charge in [0.05, 0.1) is 39.2 Å². The van der Waals surface area contributed by atoms with Crippen LogP contribution in [-0.4, -0.2) is 120 Å². The second-order valence-electron chi connectivity index (χ2n) is 16.7. The lowest BCUT2D eigenvalue weighted by atomic mass is 9.97. The quantitative estimate of drug-likeness (QED) is 0.0856. The van der Waals surface area contributed by atoms with Crippen molar-refractivity contribution in [3.05, 3.63) is 107 Å². The molecule has 4 N–H and O–H groups in total. The number of aromatic amines is 1. The van der Waals surface area contributed by atoms with E-state index in [4.69, 9.17) is 9.97 Å². The van der Waals surface area contributed by atoms with Crippen molar-refractivity contribution >= 4 is 80.0 Å². The highest BCUT2D eigenvalue weighted by Crippen LogP contribution is 2.37. The molecule has 18 nitrogen and oxygen atoms in total. The standard InChI is InChI=1S/C47H46N12O6/c60-37-18-17-36(42(61)51-37)59-45(64)31-13-8-16-35(38(31)46(59)65)48-19-9-10-28-27-58(55-54-28)21-7-1-6-20-56-22-24-57(25-23-56)47-50-34-15-5-3-12-30(34)41(52-47)40-39(43(62)53-44(40)63)32-26-49-33-14-4-2-11-29(32)33/h2-5,8,11-16,26-27,36,48-49H,1,6-7,9-10,17-25H2,(H,51,60,61)(H,53,62,63). The minimum Gasteiger partial charge on any atom is -0.384 e. The van der Waals surface area contributed by atoms with Gasteiger partial charge in [-0.05, 0) is 62.9 Å². The lowest BCUT2D eigenvalue weighted by Crippen LogP contribution is -2.54. The Labute approximate surface area is 372 Å². The van der Waals surface area contributed by atoms with E-state index in [0.29, 0.717) is 58.8 Å². The van der Waals surface area contributed by atoms with Crippen LogP contribution in [0.4, 0.5) is 11.6 Å². The molecule has 3 aromatic heterocycles. The molecule has 330 valence electrons. The third-order valence-electron chi connectivity index (χ3n) is 12.6. The summed E-state index contributed by atoms with van der Waals surface area (Å²) in [5.74, 6) is -2.50. The fourth-order valence-corrected chi connectivity index (χ4v) is 9.29. The SMILES string of the molecule is O=C1CCC(N2C(=O)c3cccc(NCCCc4cn(CCCCCN5CCN(c6nc(C7=C(c8c[nH]c9ccccc89)C(=O)NC7=O)c7ccccc7n6)CC5)nn4)c3C2=O)C(=O)N1. The smallest absolute Gasteiger partial charge is 0.264 e. The zero-order valence-corrected chi connectivity index (χ0v) is 35.5. The molecule has 0 saturated carbocycles. The number of amides is 6. The largest absolute Gasteiger partial charge is 0.384 e. The number of hydrogen-bond acceptors (Lipinski definition) is 13. The number of anilines is 2. The molecular weight excluding hydrogens is 829 g/mol. The number of fused-ring (bicyclic) bond motifs is 3. The van der Waals surface area contributed by atoms with Crippen LogP contribution < -0.4 is 20.9 Å². The van der Waals surface area contributed by atoms with Gasteiger partial charge in [-0.3, -0.25) is 53.9 Å². The Kier molecular flexibility index (Phi) is 11.2. The van der Waals surface area contributed by atoms with Gasteiger partial charge in [0.15, 0.2) is 0 Å². The number of nitrogens with one attached hydrogen (secondary N) is 4. The maximum atomic E-state index is 13.5. The van der Waals surface area contributed by atoms with Gasteiger partial charge in [-0.25, -0.2) is 9.97 Å². The van der Waals surface area contributed by atoms with Crippen molar-refractivity contribution in [3.8, 4) is 0 Å². The van der Waals surface area contributed by atoms with Crippen LogP contribution in [-0.2, 0) is 32.1 Å². The first-order valence-electron chi connectivity index (χ1n) is 22.1. The van der Waals surface area contributed by atoms with Crippen LogP contribution in [0.25, 0.3) is 33.0 Å². The van der Waals surface area contributed by atoms with Gasteiger partial charge >= 0.3 is 0 Å². The van der Waals surface area contributed by atoms with Crippen LogP contribution in [0, 0.1) is 0 Å². The number of H-pyrrole nitrogens is 1. The number of benzene rings is 3. The molecular formula is C47H46N12O6. The molecule has 0 aliphatic carbocycles. The number of aromatic nitrogens is 6. The summed E-state index contributed by atoms with van der Waals surface area (Å²) in [5.41, 5.74) is 5.11. The Balaban J connectivity index is 0.687. The summed E-state index contributed by atoms with van der Waals surface area (Å²) in [6.07, 6.45) is 8.35. The van der Waals surface area contributed by atoms with Crippen LogP contribution >= 0.6 is 0 Å². The zero-order valence-electron chi connectivity index (χ0n) is 35.5. The van der Waals surface area contributed by atoms with Crippen LogP contribution in [0.1, 0.15) is 76.2 Å². The summed E-state index contributed by atoms with van der Waals surface area (Å²) >= 11 is 0. The number of piperazine rings is 1. The van der Waals surface area contributed by atoms with Crippen molar-refractivity contribution < 1.29 is 28.8 Å². The van der Waals surface area contributed by atoms with Crippen LogP contribution in [0.15, 0.2) is 79.1 Å². The third-order valence-corrected chi connectivity index (χ3v) is 12.6. The monoisotopic (exact) mass is 874 g/mol. The van der Waals surface area contributed by atoms with Crippen molar-refractivity contribution in [2.45, 2.75) is 57.5 Å². The predicted molar refractivity (Wildman–Crippen MR) is 240 cm³/mol. The van der Waals surface area contributed by atoms with Crippen molar-refractivity contribution in [3.63, 3.8) is 0 Å². The van der Waals surface area contributed by atoms with Gasteiger partial charge < -0.3 is 15.2 Å². The summed E-state index contributed by atoms with van der Waals surface area (Å²) in [7, 11) is 0. The molecule has 6 aromatic rings. The fraction of sp³-hybridized carbons (Fsp3) is 0.319. The van der Waals surface area contributed by atoms with Crippen molar-refractivity contribution in [2.75, 3.05) is 49.5 Å². The first kappa shape index (κ1) is 41.4. The average molecular weight is 875 g/mol. The molecule has 0 spiro atoms. The van der Waals surface area contributed by atoms with Gasteiger partial charge in [0.2, 0.25) is 17.8 Å². The Morgan fingerprint density at radius 3 is 2.35 bits per heavy atom. The van der Waals surface area contributed by atoms with Crippen molar-refractivity contribution in [2.24, 2.45) is 0 Å². The molecule has 4 aliphatic heterocycles. The van der Waals surface area contributed by atoms with Gasteiger partial charge in [-0.15, -0.1) is 5.10 Å². The first-order chi connectivity index (χ1) is 31.7. The van der Waals surface area contributed by atoms with E-state index in [1.54, 1.807) is 24.4 Å². The summed E-state index contributed by atoms with van der Waals surface area (Å²) in [6.45, 7) is 5.40. The Morgan fingerprint density at radius 2 is 1.51 bits per heavy atom. The topological polar surface area (TPSA) is 221 Å². The summed E-state index contributed by atoms with van der Waals surface area (Å²) in [6, 6.07) is 19.3. The number of carbonyl (C=O) groups excluding carboxylic acids is 6. The second kappa shape index (κ2) is 17.5. The molecule has 3 aromatic carbocycles. The normalized spacial score (nSPS) is 18.1. The lowest BCUT2D eigenvalue weighted by Gasteiger charge is -2.35. The average Bonchev–Trinajstić information content (AvgIpc) is 4.08. The minimum absolute atomic E-state index is 0.0674. The number of aryl methyl sites for hydroxylation is 2. The van der Waals surface area contributed by atoms with Gasteiger partial charge in [-0.2, -0.15) is 0 Å². The molecule has 0 bridgehead atoms. The van der Waals surface area contributed by atoms with Gasteiger partial charge in [0.1, 0.15) is 6.04 Å². The highest BCUT2D eigenvalue weighted by atomic mass is 16.2. The minimum atomic E-state index is -1.01. The Bertz CT molecular complexity index is 2950. The van der Waals surface area contributed by atoms with E-state index in [-0.39, 0.29) is 29.5 Å². The first-order valence-corrected chi connectivity index (χ1v) is 22.1. The molecule has 10 rings (SSSR count). The lowest BCUT2D eigenvalue weighted by molar-refractivity contribution is -0.136. The van der Waals surface area contributed by atoms with Gasteiger partial charge in [0, 0.05) is 85.6 Å². The number of unbranched alkanes of at least 4 members (excludes halogenated alkanes) is 2. The number of imide groups is 3. The molecule has 2 saturated heterocycles. The molecule has 2 fully saturated rings. The van der Waals surface area contributed by atoms with E-state index in [0.717, 1.165) is 80.0 Å². The number of nitrogens with zero attached hydrogens (tertiary/aromatic N) is 8. The molecule has 0 radical (unpaired) electrons. The number of carbonyl (C=O) groups is 6. The highest BCUT2D eigenvalue weighted by molar-refractivity contribution is 6.50. The van der Waals surface area contributed by atoms with E-state index in [2.05, 4.69) is 41.0 Å². The van der Waals surface area contributed by atoms with Crippen LogP contribution in [0.3, 0.4) is 0 Å². The maximum Gasteiger partial charge on any atom is 0.264 e. The Hall–Kier alpha value is -7.60. The van der Waals surface area contributed by atoms with E-state index in [1.807, 2.05) is 59.4 Å². The highest BCUT2D eigenvalue weighted by Gasteiger charge is 2.45. The number of hydrogen-bond donors (Lipinski definition) is 4. The number of piperidine rings is 1. The predicted octanol–water partition coefficient (Wildman–Crippen LogP) is 3.71. The van der Waals surface area contributed by atoms with E-state index in [9.17, 15) is 28.8 Å². The van der Waals surface area contributed by atoms with E-state index >= 15 is 0 Å². The summed E-state index contributed by atoms with van der Waals surface area (Å²) < 4.78 is 1.88. The molecule has 1 atom stereocenters. The summed E-state index contributed by atoms with van der Waals surface area (Å²) in [5, 5.41) is 18.3. The van der Waals surface area contributed by atoms with Crippen LogP contribution in [0.5, 0.6) is 0 Å². The molecule has 7 heterocycles. The maximum absolute atomic E-state index is 13.5. The van der Waals surface area contributed by atoms with Crippen molar-refractivity contribution in [1.82, 2.24) is 50.4 Å². The van der Waals surface area contributed by atoms with E-state index in [1.165, 1.54) is 0 Å². The summed E-state index contributed by atoms with van der Waals surface area (Å²) in [4.78, 5) is 96.2. The second-order valence-corrected chi connectivity index (χ2v) is 16.7. The molecule has 65 heavy (non-hydrogen) atoms. The number of para-hydroxylation sites is 2. The van der Waals surface area contributed by atoms with Gasteiger partial charge in [-0.1, -0.05) is 54.1 Å².